The number of hydrogen-bond acceptors (Lipinski definition) is 3. The monoisotopic (exact) mass is 138 g/mol. The zero-order valence-corrected chi connectivity index (χ0v) is 5.62. The molecule has 4 nitrogen and oxygen atoms in total. The number of nitrogens with two attached hydrogens (primary N) is 1. The molecule has 0 aliphatic heterocycles. The maximum absolute atomic E-state index is 5.81. The fraction of sp³-hybridized carbons (Fsp3) is 0.667. The van der Waals surface area contributed by atoms with Crippen molar-refractivity contribution in [3.63, 3.8) is 0 Å². The molecule has 1 saturated carbocycles. The smallest absolute Gasteiger partial charge is 0.141 e. The molecule has 0 spiro atoms. The molecule has 1 aromatic heterocycles. The number of nitrogens with zero attached hydrogens (tertiary/aromatic N) is 2. The van der Waals surface area contributed by atoms with E-state index in [-0.39, 0.29) is 6.04 Å². The largest absolute Gasteiger partial charge is 0.321 e. The molecule has 1 fully saturated rings. The highest BCUT2D eigenvalue weighted by atomic mass is 15.2. The van der Waals surface area contributed by atoms with Crippen molar-refractivity contribution >= 4 is 0 Å². The third-order valence-corrected chi connectivity index (χ3v) is 1.88. The summed E-state index contributed by atoms with van der Waals surface area (Å²) in [6.07, 6.45) is 3.97. The van der Waals surface area contributed by atoms with Crippen LogP contribution in [0, 0.1) is 5.92 Å². The van der Waals surface area contributed by atoms with Crippen LogP contribution in [-0.2, 0) is 0 Å². The van der Waals surface area contributed by atoms with Gasteiger partial charge in [0, 0.05) is 0 Å². The number of nitrogens with one attached hydrogen (secondary N) is 1. The van der Waals surface area contributed by atoms with Crippen molar-refractivity contribution in [1.82, 2.24) is 15.2 Å². The van der Waals surface area contributed by atoms with Crippen LogP contribution >= 0.6 is 0 Å². The molecule has 1 unspecified atom stereocenters. The van der Waals surface area contributed by atoms with Crippen LogP contribution in [0.4, 0.5) is 0 Å². The van der Waals surface area contributed by atoms with Gasteiger partial charge in [0.05, 0.1) is 6.04 Å². The Bertz CT molecular complexity index is 202. The molecular formula is C6H10N4. The van der Waals surface area contributed by atoms with Gasteiger partial charge in [-0.1, -0.05) is 0 Å². The highest BCUT2D eigenvalue weighted by Gasteiger charge is 2.30. The van der Waals surface area contributed by atoms with Crippen LogP contribution in [0.1, 0.15) is 24.7 Å². The lowest BCUT2D eigenvalue weighted by molar-refractivity contribution is 0.596. The molecule has 0 amide bonds. The van der Waals surface area contributed by atoms with Gasteiger partial charge in [0.2, 0.25) is 0 Å². The molecule has 1 aliphatic carbocycles. The standard InChI is InChI=1S/C6H10N4/c7-5(4-1-2-4)6-8-3-9-10-6/h3-5H,1-2,7H2,(H,8,9,10). The molecule has 1 aliphatic rings. The number of H-pyrrole nitrogens is 1. The van der Waals surface area contributed by atoms with E-state index >= 15 is 0 Å². The summed E-state index contributed by atoms with van der Waals surface area (Å²) in [6.45, 7) is 0. The molecular weight excluding hydrogens is 128 g/mol. The minimum atomic E-state index is 0.0856. The fourth-order valence-electron chi connectivity index (χ4n) is 1.05. The lowest BCUT2D eigenvalue weighted by atomic mass is 10.2. The second-order valence-corrected chi connectivity index (χ2v) is 2.73. The van der Waals surface area contributed by atoms with Crippen molar-refractivity contribution < 1.29 is 0 Å². The minimum absolute atomic E-state index is 0.0856. The Hall–Kier alpha value is -0.900. The first-order valence-corrected chi connectivity index (χ1v) is 3.49. The third kappa shape index (κ3) is 0.903. The normalized spacial score (nSPS) is 20.9. The van der Waals surface area contributed by atoms with Gasteiger partial charge in [0.1, 0.15) is 12.2 Å². The van der Waals surface area contributed by atoms with E-state index in [0.29, 0.717) is 5.92 Å². The summed E-state index contributed by atoms with van der Waals surface area (Å²) >= 11 is 0. The third-order valence-electron chi connectivity index (χ3n) is 1.88. The predicted molar refractivity (Wildman–Crippen MR) is 36.0 cm³/mol. The van der Waals surface area contributed by atoms with Gasteiger partial charge >= 0.3 is 0 Å². The summed E-state index contributed by atoms with van der Waals surface area (Å²) in [5.74, 6) is 1.47. The van der Waals surface area contributed by atoms with Crippen LogP contribution in [0.25, 0.3) is 0 Å². The molecule has 1 aromatic rings. The Morgan fingerprint density at radius 2 is 2.50 bits per heavy atom. The molecule has 0 radical (unpaired) electrons. The highest BCUT2D eigenvalue weighted by Crippen LogP contribution is 2.37. The first-order valence-electron chi connectivity index (χ1n) is 3.49. The Kier molecular flexibility index (Phi) is 1.20. The molecule has 0 aromatic carbocycles. The van der Waals surface area contributed by atoms with E-state index in [4.69, 9.17) is 5.73 Å². The van der Waals surface area contributed by atoms with Gasteiger partial charge in [0.15, 0.2) is 0 Å². The Labute approximate surface area is 58.8 Å². The molecule has 1 heterocycles. The van der Waals surface area contributed by atoms with E-state index in [0.717, 1.165) is 5.82 Å². The molecule has 3 N–H and O–H groups in total. The maximum Gasteiger partial charge on any atom is 0.141 e. The lowest BCUT2D eigenvalue weighted by Crippen LogP contribution is -2.13. The second kappa shape index (κ2) is 2.05. The van der Waals surface area contributed by atoms with E-state index in [2.05, 4.69) is 15.2 Å². The molecule has 1 atom stereocenters. The van der Waals surface area contributed by atoms with Crippen LogP contribution in [0.3, 0.4) is 0 Å². The highest BCUT2D eigenvalue weighted by molar-refractivity contribution is 4.97. The molecule has 10 heavy (non-hydrogen) atoms. The average Bonchev–Trinajstić information content (AvgIpc) is 2.65. The van der Waals surface area contributed by atoms with Crippen molar-refractivity contribution in [2.24, 2.45) is 11.7 Å². The zero-order chi connectivity index (χ0) is 6.97. The molecule has 4 heteroatoms. The minimum Gasteiger partial charge on any atom is -0.321 e. The molecule has 0 bridgehead atoms. The lowest BCUT2D eigenvalue weighted by Gasteiger charge is -2.03. The summed E-state index contributed by atoms with van der Waals surface area (Å²) in [6, 6.07) is 0.0856. The average molecular weight is 138 g/mol. The van der Waals surface area contributed by atoms with E-state index in [1.54, 1.807) is 0 Å². The number of rotatable bonds is 2. The van der Waals surface area contributed by atoms with Crippen molar-refractivity contribution in [2.45, 2.75) is 18.9 Å². The van der Waals surface area contributed by atoms with Gasteiger partial charge in [0.25, 0.3) is 0 Å². The van der Waals surface area contributed by atoms with Gasteiger partial charge in [-0.15, -0.1) is 0 Å². The maximum atomic E-state index is 5.81. The van der Waals surface area contributed by atoms with Crippen LogP contribution in [0.15, 0.2) is 6.33 Å². The Morgan fingerprint density at radius 3 is 3.00 bits per heavy atom. The van der Waals surface area contributed by atoms with E-state index < -0.39 is 0 Å². The topological polar surface area (TPSA) is 67.6 Å². The van der Waals surface area contributed by atoms with Crippen molar-refractivity contribution in [1.29, 1.82) is 0 Å². The van der Waals surface area contributed by atoms with Crippen molar-refractivity contribution in [3.8, 4) is 0 Å². The van der Waals surface area contributed by atoms with Gasteiger partial charge in [-0.25, -0.2) is 4.98 Å². The van der Waals surface area contributed by atoms with Gasteiger partial charge in [-0.2, -0.15) is 5.10 Å². The first kappa shape index (κ1) is 5.85. The van der Waals surface area contributed by atoms with Crippen LogP contribution in [0.5, 0.6) is 0 Å². The van der Waals surface area contributed by atoms with E-state index in [9.17, 15) is 0 Å². The van der Waals surface area contributed by atoms with Gasteiger partial charge in [-0.05, 0) is 18.8 Å². The Morgan fingerprint density at radius 1 is 1.70 bits per heavy atom. The summed E-state index contributed by atoms with van der Waals surface area (Å²) in [5, 5.41) is 6.51. The van der Waals surface area contributed by atoms with Crippen molar-refractivity contribution in [2.75, 3.05) is 0 Å². The number of aromatic nitrogens is 3. The summed E-state index contributed by atoms with van der Waals surface area (Å²) in [4.78, 5) is 3.99. The zero-order valence-electron chi connectivity index (χ0n) is 5.62. The SMILES string of the molecule is NC(c1ncn[nH]1)C1CC1. The summed E-state index contributed by atoms with van der Waals surface area (Å²) in [7, 11) is 0. The summed E-state index contributed by atoms with van der Waals surface area (Å²) in [5.41, 5.74) is 5.81. The summed E-state index contributed by atoms with van der Waals surface area (Å²) < 4.78 is 0. The molecule has 0 saturated heterocycles. The van der Waals surface area contributed by atoms with Gasteiger partial charge in [-0.3, -0.25) is 5.10 Å². The quantitative estimate of drug-likeness (QED) is 0.614. The number of aromatic amines is 1. The van der Waals surface area contributed by atoms with Crippen molar-refractivity contribution in [3.05, 3.63) is 12.2 Å². The second-order valence-electron chi connectivity index (χ2n) is 2.73. The van der Waals surface area contributed by atoms with Crippen LogP contribution in [0.2, 0.25) is 0 Å². The van der Waals surface area contributed by atoms with E-state index in [1.807, 2.05) is 0 Å². The van der Waals surface area contributed by atoms with E-state index in [1.165, 1.54) is 19.2 Å². The Balaban J connectivity index is 2.11. The fourth-order valence-corrected chi connectivity index (χ4v) is 1.05. The molecule has 54 valence electrons. The van der Waals surface area contributed by atoms with Crippen LogP contribution < -0.4 is 5.73 Å². The first-order chi connectivity index (χ1) is 4.88. The number of hydrogen-bond donors (Lipinski definition) is 2. The van der Waals surface area contributed by atoms with Gasteiger partial charge < -0.3 is 5.73 Å². The van der Waals surface area contributed by atoms with Crippen LogP contribution in [-0.4, -0.2) is 15.2 Å². The predicted octanol–water partition coefficient (Wildman–Crippen LogP) is 0.214. The molecule has 2 rings (SSSR count).